The third kappa shape index (κ3) is 2.39. The number of hydrogen-bond acceptors (Lipinski definition) is 2. The van der Waals surface area contributed by atoms with E-state index < -0.39 is 0 Å². The molecule has 98 valence electrons. The van der Waals surface area contributed by atoms with Gasteiger partial charge in [0, 0.05) is 24.8 Å². The highest BCUT2D eigenvalue weighted by Crippen LogP contribution is 2.32. The maximum absolute atomic E-state index is 6.09. The van der Waals surface area contributed by atoms with Crippen molar-refractivity contribution in [2.45, 2.75) is 64.1 Å². The molecule has 0 bridgehead atoms. The second-order valence-corrected chi connectivity index (χ2v) is 5.89. The molecule has 2 heteroatoms. The van der Waals surface area contributed by atoms with Gasteiger partial charge in [-0.3, -0.25) is 4.90 Å². The van der Waals surface area contributed by atoms with Crippen LogP contribution in [0.3, 0.4) is 0 Å². The van der Waals surface area contributed by atoms with Crippen LogP contribution in [-0.2, 0) is 13.1 Å². The van der Waals surface area contributed by atoms with Crippen molar-refractivity contribution in [1.29, 1.82) is 0 Å². The summed E-state index contributed by atoms with van der Waals surface area (Å²) in [5.41, 5.74) is 9.92. The number of nitrogens with two attached hydrogens (primary N) is 1. The maximum atomic E-state index is 6.09. The van der Waals surface area contributed by atoms with E-state index in [0.717, 1.165) is 24.8 Å². The van der Waals surface area contributed by atoms with Crippen LogP contribution >= 0.6 is 0 Å². The van der Waals surface area contributed by atoms with E-state index in [1.54, 1.807) is 0 Å². The molecule has 1 aliphatic carbocycles. The van der Waals surface area contributed by atoms with E-state index in [1.165, 1.54) is 56.1 Å². The van der Waals surface area contributed by atoms with Crippen LogP contribution < -0.4 is 5.73 Å². The number of nitrogens with zero attached hydrogens (tertiary/aromatic N) is 1. The smallest absolute Gasteiger partial charge is 0.0363 e. The van der Waals surface area contributed by atoms with Gasteiger partial charge in [-0.15, -0.1) is 0 Å². The molecule has 0 aromatic heterocycles. The first-order valence-electron chi connectivity index (χ1n) is 7.45. The van der Waals surface area contributed by atoms with Crippen molar-refractivity contribution in [1.82, 2.24) is 4.90 Å². The summed E-state index contributed by atoms with van der Waals surface area (Å²) in [6, 6.07) is 7.17. The minimum atomic E-state index is 0.789. The number of benzene rings is 1. The number of rotatable bonds is 1. The summed E-state index contributed by atoms with van der Waals surface area (Å²) in [4.78, 5) is 2.66. The SMILES string of the molecule is Nc1cccc2c1CN(C1CCCCCCC1)C2. The fourth-order valence-electron chi connectivity index (χ4n) is 3.53. The Hall–Kier alpha value is -1.02. The minimum Gasteiger partial charge on any atom is -0.398 e. The fourth-order valence-corrected chi connectivity index (χ4v) is 3.53. The summed E-state index contributed by atoms with van der Waals surface area (Å²) < 4.78 is 0. The summed E-state index contributed by atoms with van der Waals surface area (Å²) in [7, 11) is 0. The second-order valence-electron chi connectivity index (χ2n) is 5.89. The summed E-state index contributed by atoms with van der Waals surface area (Å²) in [6.07, 6.45) is 9.89. The molecule has 1 saturated carbocycles. The molecule has 3 rings (SSSR count). The van der Waals surface area contributed by atoms with Crippen molar-refractivity contribution >= 4 is 5.69 Å². The van der Waals surface area contributed by atoms with Crippen LogP contribution in [0.4, 0.5) is 5.69 Å². The first-order chi connectivity index (χ1) is 8.84. The van der Waals surface area contributed by atoms with Crippen LogP contribution in [-0.4, -0.2) is 10.9 Å². The second kappa shape index (κ2) is 5.31. The Bertz CT molecular complexity index is 406. The molecule has 2 N–H and O–H groups in total. The normalized spacial score (nSPS) is 22.4. The molecule has 1 aliphatic heterocycles. The van der Waals surface area contributed by atoms with E-state index in [4.69, 9.17) is 5.73 Å². The summed E-state index contributed by atoms with van der Waals surface area (Å²) in [6.45, 7) is 2.19. The van der Waals surface area contributed by atoms with Crippen LogP contribution in [0.1, 0.15) is 56.1 Å². The topological polar surface area (TPSA) is 29.3 Å². The quantitative estimate of drug-likeness (QED) is 0.763. The Kier molecular flexibility index (Phi) is 3.55. The number of hydrogen-bond donors (Lipinski definition) is 1. The lowest BCUT2D eigenvalue weighted by atomic mass is 9.96. The van der Waals surface area contributed by atoms with Crippen molar-refractivity contribution in [2.24, 2.45) is 0 Å². The van der Waals surface area contributed by atoms with Gasteiger partial charge in [0.15, 0.2) is 0 Å². The lowest BCUT2D eigenvalue weighted by Crippen LogP contribution is -2.31. The fraction of sp³-hybridized carbons (Fsp3) is 0.625. The highest BCUT2D eigenvalue weighted by molar-refractivity contribution is 5.52. The highest BCUT2D eigenvalue weighted by Gasteiger charge is 2.26. The minimum absolute atomic E-state index is 0.789. The number of fused-ring (bicyclic) bond motifs is 1. The molecule has 1 heterocycles. The molecular weight excluding hydrogens is 220 g/mol. The molecule has 0 unspecified atom stereocenters. The van der Waals surface area contributed by atoms with Crippen molar-refractivity contribution in [3.05, 3.63) is 29.3 Å². The van der Waals surface area contributed by atoms with E-state index in [0.29, 0.717) is 0 Å². The Balaban J connectivity index is 1.70. The molecule has 1 fully saturated rings. The molecule has 1 aromatic rings. The third-order valence-corrected chi connectivity index (χ3v) is 4.64. The third-order valence-electron chi connectivity index (χ3n) is 4.64. The highest BCUT2D eigenvalue weighted by atomic mass is 15.2. The van der Waals surface area contributed by atoms with Crippen LogP contribution in [0, 0.1) is 0 Å². The molecular formula is C16H24N2. The van der Waals surface area contributed by atoms with Crippen molar-refractivity contribution in [3.8, 4) is 0 Å². The molecule has 0 atom stereocenters. The van der Waals surface area contributed by atoms with Crippen LogP contribution in [0.25, 0.3) is 0 Å². The van der Waals surface area contributed by atoms with E-state index in [9.17, 15) is 0 Å². The molecule has 2 nitrogen and oxygen atoms in total. The van der Waals surface area contributed by atoms with Gasteiger partial charge in [-0.2, -0.15) is 0 Å². The van der Waals surface area contributed by atoms with Crippen LogP contribution in [0.15, 0.2) is 18.2 Å². The van der Waals surface area contributed by atoms with Crippen molar-refractivity contribution in [3.63, 3.8) is 0 Å². The molecule has 0 radical (unpaired) electrons. The zero-order valence-corrected chi connectivity index (χ0v) is 11.2. The maximum Gasteiger partial charge on any atom is 0.0363 e. The summed E-state index contributed by atoms with van der Waals surface area (Å²) in [5, 5.41) is 0. The van der Waals surface area contributed by atoms with Gasteiger partial charge in [-0.05, 0) is 30.0 Å². The molecule has 2 aliphatic rings. The van der Waals surface area contributed by atoms with Gasteiger partial charge in [-0.1, -0.05) is 44.2 Å². The Morgan fingerprint density at radius 1 is 0.944 bits per heavy atom. The van der Waals surface area contributed by atoms with Crippen molar-refractivity contribution in [2.75, 3.05) is 5.73 Å². The van der Waals surface area contributed by atoms with E-state index in [2.05, 4.69) is 17.0 Å². The Morgan fingerprint density at radius 3 is 2.39 bits per heavy atom. The van der Waals surface area contributed by atoms with Gasteiger partial charge in [0.1, 0.15) is 0 Å². The lowest BCUT2D eigenvalue weighted by Gasteiger charge is -2.29. The zero-order chi connectivity index (χ0) is 12.4. The van der Waals surface area contributed by atoms with Gasteiger partial charge in [-0.25, -0.2) is 0 Å². The van der Waals surface area contributed by atoms with Gasteiger partial charge in [0.25, 0.3) is 0 Å². The van der Waals surface area contributed by atoms with Gasteiger partial charge in [0.05, 0.1) is 0 Å². The van der Waals surface area contributed by atoms with Crippen LogP contribution in [0.5, 0.6) is 0 Å². The zero-order valence-electron chi connectivity index (χ0n) is 11.2. The van der Waals surface area contributed by atoms with E-state index in [1.807, 2.05) is 6.07 Å². The van der Waals surface area contributed by atoms with E-state index >= 15 is 0 Å². The lowest BCUT2D eigenvalue weighted by molar-refractivity contribution is 0.166. The van der Waals surface area contributed by atoms with Gasteiger partial charge < -0.3 is 5.73 Å². The summed E-state index contributed by atoms with van der Waals surface area (Å²) >= 11 is 0. The summed E-state index contributed by atoms with van der Waals surface area (Å²) in [5.74, 6) is 0. The van der Waals surface area contributed by atoms with E-state index in [-0.39, 0.29) is 0 Å². The van der Waals surface area contributed by atoms with Crippen LogP contribution in [0.2, 0.25) is 0 Å². The molecule has 0 saturated heterocycles. The first kappa shape index (κ1) is 12.0. The molecule has 0 spiro atoms. The predicted octanol–water partition coefficient (Wildman–Crippen LogP) is 3.70. The average Bonchev–Trinajstić information content (AvgIpc) is 2.73. The largest absolute Gasteiger partial charge is 0.398 e. The average molecular weight is 244 g/mol. The Morgan fingerprint density at radius 2 is 1.67 bits per heavy atom. The number of anilines is 1. The van der Waals surface area contributed by atoms with Gasteiger partial charge in [0.2, 0.25) is 0 Å². The number of nitrogen functional groups attached to an aromatic ring is 1. The molecule has 18 heavy (non-hydrogen) atoms. The molecule has 1 aromatic carbocycles. The first-order valence-corrected chi connectivity index (χ1v) is 7.45. The van der Waals surface area contributed by atoms with Gasteiger partial charge >= 0.3 is 0 Å². The Labute approximate surface area is 110 Å². The molecule has 0 amide bonds. The predicted molar refractivity (Wildman–Crippen MR) is 76.2 cm³/mol. The monoisotopic (exact) mass is 244 g/mol. The standard InChI is InChI=1S/C16H24N2/c17-16-10-6-7-13-11-18(12-15(13)16)14-8-4-2-1-3-5-9-14/h6-7,10,14H,1-5,8-9,11-12,17H2. The van der Waals surface area contributed by atoms with Crippen molar-refractivity contribution < 1.29 is 0 Å².